The highest BCUT2D eigenvalue weighted by atomic mass is 15.2. The Bertz CT molecular complexity index is 278. The van der Waals surface area contributed by atoms with Gasteiger partial charge in [-0.05, 0) is 66.1 Å². The van der Waals surface area contributed by atoms with Gasteiger partial charge in [-0.25, -0.2) is 0 Å². The van der Waals surface area contributed by atoms with Gasteiger partial charge in [0.1, 0.15) is 0 Å². The second kappa shape index (κ2) is 7.24. The summed E-state index contributed by atoms with van der Waals surface area (Å²) in [5.74, 6) is 0.792. The fourth-order valence-electron chi connectivity index (χ4n) is 3.81. The van der Waals surface area contributed by atoms with Crippen molar-refractivity contribution in [2.24, 2.45) is 5.92 Å². The molecule has 1 aliphatic carbocycles. The van der Waals surface area contributed by atoms with Crippen molar-refractivity contribution in [3.63, 3.8) is 0 Å². The van der Waals surface area contributed by atoms with Crippen LogP contribution in [0.15, 0.2) is 0 Å². The molecule has 2 rings (SSSR count). The smallest absolute Gasteiger partial charge is 0.0233 e. The van der Waals surface area contributed by atoms with Gasteiger partial charge in [0.05, 0.1) is 0 Å². The molecule has 0 amide bonds. The predicted molar refractivity (Wildman–Crippen MR) is 87.2 cm³/mol. The van der Waals surface area contributed by atoms with E-state index in [1.54, 1.807) is 0 Å². The maximum Gasteiger partial charge on any atom is 0.0233 e. The SMILES string of the molecule is CNC1CN(C(C)(C)C)CCC1CNC1CCCCC1. The third-order valence-electron chi connectivity index (χ3n) is 5.35. The fraction of sp³-hybridized carbons (Fsp3) is 1.00. The van der Waals surface area contributed by atoms with Gasteiger partial charge in [-0.1, -0.05) is 19.3 Å². The molecule has 0 aromatic heterocycles. The van der Waals surface area contributed by atoms with E-state index in [9.17, 15) is 0 Å². The molecule has 2 unspecified atom stereocenters. The Balaban J connectivity index is 1.79. The minimum Gasteiger partial charge on any atom is -0.315 e. The van der Waals surface area contributed by atoms with Gasteiger partial charge in [0.15, 0.2) is 0 Å². The van der Waals surface area contributed by atoms with Crippen LogP contribution in [-0.2, 0) is 0 Å². The fourth-order valence-corrected chi connectivity index (χ4v) is 3.81. The number of likely N-dealkylation sites (tertiary alicyclic amines) is 1. The molecule has 0 bridgehead atoms. The highest BCUT2D eigenvalue weighted by Crippen LogP contribution is 2.24. The number of rotatable bonds is 4. The van der Waals surface area contributed by atoms with E-state index >= 15 is 0 Å². The van der Waals surface area contributed by atoms with E-state index in [1.165, 1.54) is 58.2 Å². The van der Waals surface area contributed by atoms with Crippen molar-refractivity contribution in [3.8, 4) is 0 Å². The largest absolute Gasteiger partial charge is 0.315 e. The van der Waals surface area contributed by atoms with Crippen molar-refractivity contribution in [2.45, 2.75) is 76.9 Å². The third kappa shape index (κ3) is 4.44. The number of hydrogen-bond donors (Lipinski definition) is 2. The quantitative estimate of drug-likeness (QED) is 0.829. The normalized spacial score (nSPS) is 30.6. The minimum atomic E-state index is 0.302. The standard InChI is InChI=1S/C17H35N3/c1-17(2,3)20-11-10-14(16(13-20)18-4)12-19-15-8-6-5-7-9-15/h14-16,18-19H,5-13H2,1-4H3. The Hall–Kier alpha value is -0.120. The number of hydrogen-bond acceptors (Lipinski definition) is 3. The van der Waals surface area contributed by atoms with E-state index in [0.717, 1.165) is 12.0 Å². The molecule has 0 aromatic carbocycles. The van der Waals surface area contributed by atoms with Gasteiger partial charge >= 0.3 is 0 Å². The van der Waals surface area contributed by atoms with Gasteiger partial charge in [-0.3, -0.25) is 4.90 Å². The summed E-state index contributed by atoms with van der Waals surface area (Å²) in [5.41, 5.74) is 0.302. The van der Waals surface area contributed by atoms with Crippen LogP contribution in [0.2, 0.25) is 0 Å². The molecule has 3 nitrogen and oxygen atoms in total. The predicted octanol–water partition coefficient (Wildman–Crippen LogP) is 2.62. The van der Waals surface area contributed by atoms with E-state index in [-0.39, 0.29) is 0 Å². The van der Waals surface area contributed by atoms with Crippen LogP contribution >= 0.6 is 0 Å². The van der Waals surface area contributed by atoms with Crippen LogP contribution < -0.4 is 10.6 Å². The molecule has 0 radical (unpaired) electrons. The second-order valence-corrected chi connectivity index (χ2v) is 7.80. The summed E-state index contributed by atoms with van der Waals surface area (Å²) in [4.78, 5) is 2.63. The summed E-state index contributed by atoms with van der Waals surface area (Å²) in [6, 6.07) is 1.43. The van der Waals surface area contributed by atoms with E-state index < -0.39 is 0 Å². The average molecular weight is 281 g/mol. The summed E-state index contributed by atoms with van der Waals surface area (Å²) in [5, 5.41) is 7.41. The molecular formula is C17H35N3. The van der Waals surface area contributed by atoms with Crippen molar-refractivity contribution >= 4 is 0 Å². The highest BCUT2D eigenvalue weighted by molar-refractivity contribution is 4.91. The zero-order valence-corrected chi connectivity index (χ0v) is 14.0. The van der Waals surface area contributed by atoms with Gasteiger partial charge in [-0.2, -0.15) is 0 Å². The second-order valence-electron chi connectivity index (χ2n) is 7.80. The lowest BCUT2D eigenvalue weighted by Gasteiger charge is -2.45. The maximum atomic E-state index is 3.85. The van der Waals surface area contributed by atoms with Gasteiger partial charge in [0.25, 0.3) is 0 Å². The molecule has 1 saturated carbocycles. The van der Waals surface area contributed by atoms with Crippen LogP contribution in [0.3, 0.4) is 0 Å². The van der Waals surface area contributed by atoms with Gasteiger partial charge in [0, 0.05) is 24.2 Å². The minimum absolute atomic E-state index is 0.302. The Labute approximate surface area is 125 Å². The van der Waals surface area contributed by atoms with Crippen LogP contribution in [0, 0.1) is 5.92 Å². The zero-order valence-electron chi connectivity index (χ0n) is 14.0. The van der Waals surface area contributed by atoms with E-state index in [4.69, 9.17) is 0 Å². The number of nitrogens with one attached hydrogen (secondary N) is 2. The van der Waals surface area contributed by atoms with E-state index in [1.807, 2.05) is 0 Å². The van der Waals surface area contributed by atoms with Crippen LogP contribution in [0.4, 0.5) is 0 Å². The molecule has 118 valence electrons. The number of piperidine rings is 1. The molecule has 1 saturated heterocycles. The van der Waals surface area contributed by atoms with Crippen molar-refractivity contribution in [2.75, 3.05) is 26.7 Å². The molecular weight excluding hydrogens is 246 g/mol. The summed E-state index contributed by atoms with van der Waals surface area (Å²) in [6.45, 7) is 10.6. The van der Waals surface area contributed by atoms with Crippen molar-refractivity contribution < 1.29 is 0 Å². The Morgan fingerprint density at radius 2 is 1.75 bits per heavy atom. The first-order valence-corrected chi connectivity index (χ1v) is 8.66. The number of nitrogens with zero attached hydrogens (tertiary/aromatic N) is 1. The molecule has 1 aliphatic heterocycles. The van der Waals surface area contributed by atoms with Crippen molar-refractivity contribution in [1.29, 1.82) is 0 Å². The summed E-state index contributed by atoms with van der Waals surface area (Å²) in [6.07, 6.45) is 8.41. The summed E-state index contributed by atoms with van der Waals surface area (Å²) >= 11 is 0. The zero-order chi connectivity index (χ0) is 14.6. The van der Waals surface area contributed by atoms with E-state index in [0.29, 0.717) is 11.6 Å². The topological polar surface area (TPSA) is 27.3 Å². The lowest BCUT2D eigenvalue weighted by molar-refractivity contribution is 0.0633. The molecule has 2 N–H and O–H groups in total. The molecule has 2 aliphatic rings. The molecule has 20 heavy (non-hydrogen) atoms. The first-order valence-electron chi connectivity index (χ1n) is 8.66. The average Bonchev–Trinajstić information content (AvgIpc) is 2.45. The number of likely N-dealkylation sites (N-methyl/N-ethyl adjacent to an activating group) is 1. The maximum absolute atomic E-state index is 3.85. The molecule has 3 heteroatoms. The Morgan fingerprint density at radius 3 is 2.35 bits per heavy atom. The molecule has 1 heterocycles. The van der Waals surface area contributed by atoms with Gasteiger partial charge in [0.2, 0.25) is 0 Å². The van der Waals surface area contributed by atoms with Crippen molar-refractivity contribution in [3.05, 3.63) is 0 Å². The molecule has 2 fully saturated rings. The van der Waals surface area contributed by atoms with E-state index in [2.05, 4.69) is 43.4 Å². The summed E-state index contributed by atoms with van der Waals surface area (Å²) < 4.78 is 0. The lowest BCUT2D eigenvalue weighted by atomic mass is 9.88. The molecule has 2 atom stereocenters. The van der Waals surface area contributed by atoms with Crippen molar-refractivity contribution in [1.82, 2.24) is 15.5 Å². The Morgan fingerprint density at radius 1 is 1.05 bits per heavy atom. The Kier molecular flexibility index (Phi) is 5.88. The molecule has 0 spiro atoms. The highest BCUT2D eigenvalue weighted by Gasteiger charge is 2.33. The van der Waals surface area contributed by atoms with Crippen LogP contribution in [-0.4, -0.2) is 49.2 Å². The monoisotopic (exact) mass is 281 g/mol. The van der Waals surface area contributed by atoms with Crippen LogP contribution in [0.5, 0.6) is 0 Å². The van der Waals surface area contributed by atoms with Gasteiger partial charge < -0.3 is 10.6 Å². The first-order chi connectivity index (χ1) is 9.50. The van der Waals surface area contributed by atoms with Crippen LogP contribution in [0.25, 0.3) is 0 Å². The molecule has 0 aromatic rings. The van der Waals surface area contributed by atoms with Crippen LogP contribution in [0.1, 0.15) is 59.3 Å². The lowest BCUT2D eigenvalue weighted by Crippen LogP contribution is -2.57. The summed E-state index contributed by atoms with van der Waals surface area (Å²) in [7, 11) is 2.13. The first kappa shape index (κ1) is 16.3. The van der Waals surface area contributed by atoms with Gasteiger partial charge in [-0.15, -0.1) is 0 Å². The third-order valence-corrected chi connectivity index (χ3v) is 5.35.